The summed E-state index contributed by atoms with van der Waals surface area (Å²) in [5.41, 5.74) is 0. The van der Waals surface area contributed by atoms with Gasteiger partial charge in [0, 0.05) is 46.4 Å². The molecule has 5 nitrogen and oxygen atoms in total. The Morgan fingerprint density at radius 3 is 2.44 bits per heavy atom. The molecule has 5 heteroatoms. The van der Waals surface area contributed by atoms with E-state index in [1.807, 2.05) is 0 Å². The molecule has 2 fully saturated rings. The SMILES string of the molecule is COC1CN(CC2COCCN2)CC1OC. The summed E-state index contributed by atoms with van der Waals surface area (Å²) in [5.74, 6) is 0. The first-order chi connectivity index (χ1) is 7.83. The van der Waals surface area contributed by atoms with Gasteiger partial charge in [-0.3, -0.25) is 4.90 Å². The fraction of sp³-hybridized carbons (Fsp3) is 1.00. The molecule has 2 heterocycles. The molecule has 0 amide bonds. The van der Waals surface area contributed by atoms with Crippen molar-refractivity contribution in [2.45, 2.75) is 18.2 Å². The molecule has 0 bridgehead atoms. The number of morpholine rings is 1. The van der Waals surface area contributed by atoms with Crippen molar-refractivity contribution in [2.75, 3.05) is 53.6 Å². The van der Waals surface area contributed by atoms with E-state index in [0.29, 0.717) is 6.04 Å². The number of rotatable bonds is 4. The van der Waals surface area contributed by atoms with Crippen LogP contribution in [0.25, 0.3) is 0 Å². The Morgan fingerprint density at radius 1 is 1.25 bits per heavy atom. The predicted octanol–water partition coefficient (Wildman–Crippen LogP) is -0.680. The molecule has 16 heavy (non-hydrogen) atoms. The average Bonchev–Trinajstić information content (AvgIpc) is 2.72. The summed E-state index contributed by atoms with van der Waals surface area (Å²) in [4.78, 5) is 2.38. The summed E-state index contributed by atoms with van der Waals surface area (Å²) in [7, 11) is 3.50. The highest BCUT2D eigenvalue weighted by Gasteiger charge is 2.33. The highest BCUT2D eigenvalue weighted by molar-refractivity contribution is 4.88. The molecular weight excluding hydrogens is 208 g/mol. The maximum Gasteiger partial charge on any atom is 0.0971 e. The lowest BCUT2D eigenvalue weighted by atomic mass is 10.2. The molecule has 3 unspecified atom stereocenters. The zero-order chi connectivity index (χ0) is 11.4. The van der Waals surface area contributed by atoms with Gasteiger partial charge in [-0.15, -0.1) is 0 Å². The van der Waals surface area contributed by atoms with Gasteiger partial charge in [0.25, 0.3) is 0 Å². The zero-order valence-corrected chi connectivity index (χ0v) is 10.1. The topological polar surface area (TPSA) is 43.0 Å². The summed E-state index contributed by atoms with van der Waals surface area (Å²) in [5, 5.41) is 3.46. The van der Waals surface area contributed by atoms with Gasteiger partial charge >= 0.3 is 0 Å². The Kier molecular flexibility index (Phi) is 4.55. The van der Waals surface area contributed by atoms with E-state index in [-0.39, 0.29) is 12.2 Å². The van der Waals surface area contributed by atoms with Crippen LogP contribution >= 0.6 is 0 Å². The van der Waals surface area contributed by atoms with Gasteiger partial charge in [-0.2, -0.15) is 0 Å². The second kappa shape index (κ2) is 5.93. The maximum atomic E-state index is 5.45. The van der Waals surface area contributed by atoms with Crippen molar-refractivity contribution >= 4 is 0 Å². The van der Waals surface area contributed by atoms with Crippen LogP contribution in [0.3, 0.4) is 0 Å². The Hall–Kier alpha value is -0.200. The molecule has 2 aliphatic heterocycles. The highest BCUT2D eigenvalue weighted by atomic mass is 16.5. The minimum absolute atomic E-state index is 0.203. The van der Waals surface area contributed by atoms with Crippen molar-refractivity contribution in [2.24, 2.45) is 0 Å². The lowest BCUT2D eigenvalue weighted by Gasteiger charge is -2.27. The van der Waals surface area contributed by atoms with Crippen molar-refractivity contribution in [3.63, 3.8) is 0 Å². The maximum absolute atomic E-state index is 5.45. The highest BCUT2D eigenvalue weighted by Crippen LogP contribution is 2.16. The molecule has 0 radical (unpaired) electrons. The van der Waals surface area contributed by atoms with Crippen LogP contribution in [0.2, 0.25) is 0 Å². The third kappa shape index (κ3) is 2.93. The number of hydrogen-bond donors (Lipinski definition) is 1. The van der Waals surface area contributed by atoms with Crippen LogP contribution in [0.5, 0.6) is 0 Å². The standard InChI is InChI=1S/C11H22N2O3/c1-14-10-6-13(7-11(10)15-2)5-9-8-16-4-3-12-9/h9-12H,3-8H2,1-2H3. The Balaban J connectivity index is 1.78. The van der Waals surface area contributed by atoms with Crippen molar-refractivity contribution in [3.05, 3.63) is 0 Å². The van der Waals surface area contributed by atoms with E-state index in [2.05, 4.69) is 10.2 Å². The van der Waals surface area contributed by atoms with E-state index in [9.17, 15) is 0 Å². The molecule has 0 spiro atoms. The first kappa shape index (κ1) is 12.3. The molecule has 94 valence electrons. The zero-order valence-electron chi connectivity index (χ0n) is 10.1. The summed E-state index contributed by atoms with van der Waals surface area (Å²) in [6.07, 6.45) is 0.406. The molecule has 1 N–H and O–H groups in total. The summed E-state index contributed by atoms with van der Waals surface area (Å²) in [6, 6.07) is 0.446. The number of ether oxygens (including phenoxy) is 3. The first-order valence-electron chi connectivity index (χ1n) is 5.92. The third-order valence-corrected chi connectivity index (χ3v) is 3.37. The average molecular weight is 230 g/mol. The minimum atomic E-state index is 0.203. The van der Waals surface area contributed by atoms with Crippen LogP contribution in [0.1, 0.15) is 0 Å². The van der Waals surface area contributed by atoms with E-state index < -0.39 is 0 Å². The number of likely N-dealkylation sites (tertiary alicyclic amines) is 1. The summed E-state index contributed by atoms with van der Waals surface area (Å²) in [6.45, 7) is 5.52. The molecule has 2 aliphatic rings. The van der Waals surface area contributed by atoms with Crippen molar-refractivity contribution < 1.29 is 14.2 Å². The summed E-state index contributed by atoms with van der Waals surface area (Å²) < 4.78 is 16.3. The van der Waals surface area contributed by atoms with Gasteiger partial charge in [0.15, 0.2) is 0 Å². The van der Waals surface area contributed by atoms with E-state index in [0.717, 1.165) is 39.4 Å². The van der Waals surface area contributed by atoms with Gasteiger partial charge in [0.1, 0.15) is 0 Å². The monoisotopic (exact) mass is 230 g/mol. The lowest BCUT2D eigenvalue weighted by Crippen LogP contribution is -2.48. The van der Waals surface area contributed by atoms with Crippen molar-refractivity contribution in [1.29, 1.82) is 0 Å². The Labute approximate surface area is 97.0 Å². The quantitative estimate of drug-likeness (QED) is 0.693. The van der Waals surface area contributed by atoms with Crippen LogP contribution in [0.4, 0.5) is 0 Å². The van der Waals surface area contributed by atoms with Crippen LogP contribution in [0.15, 0.2) is 0 Å². The molecule has 3 atom stereocenters. The molecule has 0 aromatic carbocycles. The molecule has 0 aliphatic carbocycles. The third-order valence-electron chi connectivity index (χ3n) is 3.37. The smallest absolute Gasteiger partial charge is 0.0971 e. The molecule has 2 saturated heterocycles. The molecule has 0 saturated carbocycles. The van der Waals surface area contributed by atoms with Gasteiger partial charge in [0.05, 0.1) is 25.4 Å². The predicted molar refractivity (Wildman–Crippen MR) is 60.6 cm³/mol. The van der Waals surface area contributed by atoms with Crippen molar-refractivity contribution in [3.8, 4) is 0 Å². The minimum Gasteiger partial charge on any atom is -0.378 e. The van der Waals surface area contributed by atoms with Crippen LogP contribution in [-0.4, -0.2) is 76.8 Å². The van der Waals surface area contributed by atoms with E-state index >= 15 is 0 Å². The number of hydrogen-bond acceptors (Lipinski definition) is 5. The van der Waals surface area contributed by atoms with E-state index in [1.165, 1.54) is 0 Å². The van der Waals surface area contributed by atoms with Gasteiger partial charge in [-0.1, -0.05) is 0 Å². The number of nitrogens with one attached hydrogen (secondary N) is 1. The van der Waals surface area contributed by atoms with Crippen LogP contribution in [0, 0.1) is 0 Å². The second-order valence-corrected chi connectivity index (χ2v) is 4.49. The summed E-state index contributed by atoms with van der Waals surface area (Å²) >= 11 is 0. The lowest BCUT2D eigenvalue weighted by molar-refractivity contribution is -0.00461. The van der Waals surface area contributed by atoms with Crippen LogP contribution < -0.4 is 5.32 Å². The van der Waals surface area contributed by atoms with E-state index in [1.54, 1.807) is 14.2 Å². The molecular formula is C11H22N2O3. The molecule has 0 aromatic heterocycles. The number of nitrogens with zero attached hydrogens (tertiary/aromatic N) is 1. The second-order valence-electron chi connectivity index (χ2n) is 4.49. The molecule has 2 rings (SSSR count). The van der Waals surface area contributed by atoms with Gasteiger partial charge in [-0.05, 0) is 0 Å². The van der Waals surface area contributed by atoms with Crippen LogP contribution in [-0.2, 0) is 14.2 Å². The van der Waals surface area contributed by atoms with Crippen molar-refractivity contribution in [1.82, 2.24) is 10.2 Å². The van der Waals surface area contributed by atoms with Gasteiger partial charge < -0.3 is 19.5 Å². The number of methoxy groups -OCH3 is 2. The Bertz CT molecular complexity index is 197. The van der Waals surface area contributed by atoms with Gasteiger partial charge in [-0.25, -0.2) is 0 Å². The normalized spacial score (nSPS) is 36.8. The fourth-order valence-electron chi connectivity index (χ4n) is 2.47. The largest absolute Gasteiger partial charge is 0.378 e. The first-order valence-corrected chi connectivity index (χ1v) is 5.92. The van der Waals surface area contributed by atoms with E-state index in [4.69, 9.17) is 14.2 Å². The Morgan fingerprint density at radius 2 is 1.94 bits per heavy atom. The fourth-order valence-corrected chi connectivity index (χ4v) is 2.47. The molecule has 0 aromatic rings. The van der Waals surface area contributed by atoms with Gasteiger partial charge in [0.2, 0.25) is 0 Å².